The van der Waals surface area contributed by atoms with Crippen molar-refractivity contribution >= 4 is 17.5 Å². The van der Waals surface area contributed by atoms with Crippen LogP contribution in [0.2, 0.25) is 0 Å². The molecule has 1 heterocycles. The van der Waals surface area contributed by atoms with Gasteiger partial charge in [0.15, 0.2) is 5.78 Å². The van der Waals surface area contributed by atoms with Gasteiger partial charge in [0.05, 0.1) is 6.10 Å². The van der Waals surface area contributed by atoms with E-state index < -0.39 is 0 Å². The van der Waals surface area contributed by atoms with Crippen LogP contribution in [0.3, 0.4) is 0 Å². The number of carbonyl (C=O) groups excluding carboxylic acids is 1. The first-order valence-corrected chi connectivity index (χ1v) is 7.09. The summed E-state index contributed by atoms with van der Waals surface area (Å²) in [7, 11) is 0. The molecule has 1 unspecified atom stereocenters. The zero-order valence-electron chi connectivity index (χ0n) is 10.1. The van der Waals surface area contributed by atoms with Gasteiger partial charge in [0.2, 0.25) is 0 Å². The van der Waals surface area contributed by atoms with E-state index in [0.717, 1.165) is 24.3 Å². The van der Waals surface area contributed by atoms with Crippen LogP contribution < -0.4 is 0 Å². The van der Waals surface area contributed by atoms with Gasteiger partial charge in [-0.2, -0.15) is 0 Å². The molecule has 0 amide bonds. The predicted octanol–water partition coefficient (Wildman–Crippen LogP) is 3.55. The number of thioether (sulfide) groups is 1. The van der Waals surface area contributed by atoms with Gasteiger partial charge in [-0.25, -0.2) is 0 Å². The quantitative estimate of drug-likeness (QED) is 0.590. The highest BCUT2D eigenvalue weighted by molar-refractivity contribution is 7.99. The molecule has 2 nitrogen and oxygen atoms in total. The topological polar surface area (TPSA) is 26.3 Å². The van der Waals surface area contributed by atoms with Crippen LogP contribution in [0.4, 0.5) is 0 Å². The van der Waals surface area contributed by atoms with E-state index in [-0.39, 0.29) is 5.78 Å². The van der Waals surface area contributed by atoms with Crippen LogP contribution in [0.1, 0.15) is 36.5 Å². The Kier molecular flexibility index (Phi) is 4.63. The van der Waals surface area contributed by atoms with Gasteiger partial charge < -0.3 is 4.74 Å². The summed E-state index contributed by atoms with van der Waals surface area (Å²) in [6.07, 6.45) is 3.97. The molecule has 1 aliphatic rings. The number of benzene rings is 1. The van der Waals surface area contributed by atoms with E-state index in [1.165, 1.54) is 17.7 Å². The van der Waals surface area contributed by atoms with Crippen molar-refractivity contribution in [2.45, 2.75) is 37.2 Å². The van der Waals surface area contributed by atoms with Crippen molar-refractivity contribution in [3.05, 3.63) is 29.8 Å². The third-order valence-corrected chi connectivity index (χ3v) is 4.00. The highest BCUT2D eigenvalue weighted by Crippen LogP contribution is 2.23. The summed E-state index contributed by atoms with van der Waals surface area (Å²) >= 11 is 1.81. The van der Waals surface area contributed by atoms with E-state index in [0.29, 0.717) is 6.10 Å². The van der Waals surface area contributed by atoms with Gasteiger partial charge in [-0.15, -0.1) is 11.8 Å². The molecule has 1 atom stereocenters. The summed E-state index contributed by atoms with van der Waals surface area (Å²) in [5.41, 5.74) is 0.798. The van der Waals surface area contributed by atoms with Gasteiger partial charge in [0.1, 0.15) is 0 Å². The molecule has 1 fully saturated rings. The number of ether oxygens (including phenoxy) is 1. The Balaban J connectivity index is 1.81. The monoisotopic (exact) mass is 250 g/mol. The van der Waals surface area contributed by atoms with Crippen molar-refractivity contribution in [2.24, 2.45) is 0 Å². The lowest BCUT2D eigenvalue weighted by atomic mass is 10.2. The maximum Gasteiger partial charge on any atom is 0.159 e. The first-order valence-electron chi connectivity index (χ1n) is 6.11. The summed E-state index contributed by atoms with van der Waals surface area (Å²) in [6.45, 7) is 2.53. The fourth-order valence-corrected chi connectivity index (χ4v) is 2.99. The van der Waals surface area contributed by atoms with Gasteiger partial charge in [0, 0.05) is 22.8 Å². The van der Waals surface area contributed by atoms with Crippen molar-refractivity contribution in [1.29, 1.82) is 0 Å². The Morgan fingerprint density at radius 3 is 3.12 bits per heavy atom. The van der Waals surface area contributed by atoms with Gasteiger partial charge >= 0.3 is 0 Å². The largest absolute Gasteiger partial charge is 0.378 e. The number of rotatable bonds is 5. The molecule has 0 aromatic heterocycles. The molecule has 2 rings (SSSR count). The lowest BCUT2D eigenvalue weighted by Gasteiger charge is -2.08. The van der Waals surface area contributed by atoms with Crippen LogP contribution in [0.25, 0.3) is 0 Å². The predicted molar refractivity (Wildman–Crippen MR) is 70.8 cm³/mol. The SMILES string of the molecule is CC(=O)c1cccc(SCCC2CCCO2)c1. The van der Waals surface area contributed by atoms with Gasteiger partial charge in [0.25, 0.3) is 0 Å². The Morgan fingerprint density at radius 2 is 2.41 bits per heavy atom. The Bertz CT molecular complexity index is 384. The molecule has 0 bridgehead atoms. The zero-order chi connectivity index (χ0) is 12.1. The molecule has 1 aliphatic heterocycles. The van der Waals surface area contributed by atoms with Crippen LogP contribution in [0, 0.1) is 0 Å². The molecule has 1 aromatic carbocycles. The molecule has 0 aliphatic carbocycles. The number of hydrogen-bond donors (Lipinski definition) is 0. The third-order valence-electron chi connectivity index (χ3n) is 2.97. The lowest BCUT2D eigenvalue weighted by molar-refractivity contribution is 0.101. The highest BCUT2D eigenvalue weighted by Gasteiger charge is 2.14. The van der Waals surface area contributed by atoms with Crippen molar-refractivity contribution in [1.82, 2.24) is 0 Å². The second-order valence-electron chi connectivity index (χ2n) is 4.36. The summed E-state index contributed by atoms with van der Waals surface area (Å²) in [4.78, 5) is 12.4. The molecule has 3 heteroatoms. The second-order valence-corrected chi connectivity index (χ2v) is 5.52. The number of carbonyl (C=O) groups is 1. The van der Waals surface area contributed by atoms with Crippen molar-refractivity contribution in [3.8, 4) is 0 Å². The summed E-state index contributed by atoms with van der Waals surface area (Å²) in [6, 6.07) is 7.85. The van der Waals surface area contributed by atoms with Crippen LogP contribution in [-0.4, -0.2) is 24.2 Å². The molecular weight excluding hydrogens is 232 g/mol. The fraction of sp³-hybridized carbons (Fsp3) is 0.500. The van der Waals surface area contributed by atoms with Crippen molar-refractivity contribution in [2.75, 3.05) is 12.4 Å². The average molecular weight is 250 g/mol. The van der Waals surface area contributed by atoms with Gasteiger partial charge in [-0.05, 0) is 38.3 Å². The first kappa shape index (κ1) is 12.7. The van der Waals surface area contributed by atoms with Crippen LogP contribution >= 0.6 is 11.8 Å². The number of Topliss-reactive ketones (excluding diaryl/α,β-unsaturated/α-hetero) is 1. The summed E-state index contributed by atoms with van der Waals surface area (Å²) < 4.78 is 5.59. The summed E-state index contributed by atoms with van der Waals surface area (Å²) in [5.74, 6) is 1.19. The highest BCUT2D eigenvalue weighted by atomic mass is 32.2. The van der Waals surface area contributed by atoms with Gasteiger partial charge in [-0.3, -0.25) is 4.79 Å². The smallest absolute Gasteiger partial charge is 0.159 e. The Morgan fingerprint density at radius 1 is 1.53 bits per heavy atom. The van der Waals surface area contributed by atoms with E-state index in [9.17, 15) is 4.79 Å². The lowest BCUT2D eigenvalue weighted by Crippen LogP contribution is -2.05. The Labute approximate surface area is 107 Å². The molecule has 1 aromatic rings. The standard InChI is InChI=1S/C14H18O2S/c1-11(15)12-4-2-6-14(10-12)17-9-7-13-5-3-8-16-13/h2,4,6,10,13H,3,5,7-9H2,1H3. The van der Waals surface area contributed by atoms with Crippen LogP contribution in [-0.2, 0) is 4.74 Å². The van der Waals surface area contributed by atoms with Crippen molar-refractivity contribution < 1.29 is 9.53 Å². The Hall–Kier alpha value is -0.800. The summed E-state index contributed by atoms with van der Waals surface area (Å²) in [5, 5.41) is 0. The number of ketones is 1. The fourth-order valence-electron chi connectivity index (χ4n) is 1.99. The minimum Gasteiger partial charge on any atom is -0.378 e. The normalized spacial score (nSPS) is 19.5. The maximum atomic E-state index is 11.3. The maximum absolute atomic E-state index is 11.3. The molecule has 0 spiro atoms. The van der Waals surface area contributed by atoms with Crippen molar-refractivity contribution in [3.63, 3.8) is 0 Å². The zero-order valence-corrected chi connectivity index (χ0v) is 11.0. The molecule has 92 valence electrons. The third kappa shape index (κ3) is 3.86. The molecule has 0 saturated carbocycles. The van der Waals surface area contributed by atoms with E-state index in [2.05, 4.69) is 6.07 Å². The molecular formula is C14H18O2S. The van der Waals surface area contributed by atoms with E-state index in [4.69, 9.17) is 4.74 Å². The minimum absolute atomic E-state index is 0.131. The molecule has 17 heavy (non-hydrogen) atoms. The van der Waals surface area contributed by atoms with Crippen LogP contribution in [0.15, 0.2) is 29.2 Å². The molecule has 1 saturated heterocycles. The van der Waals surface area contributed by atoms with Crippen LogP contribution in [0.5, 0.6) is 0 Å². The second kappa shape index (κ2) is 6.22. The molecule has 0 N–H and O–H groups in total. The van der Waals surface area contributed by atoms with Gasteiger partial charge in [-0.1, -0.05) is 12.1 Å². The van der Waals surface area contributed by atoms with E-state index in [1.54, 1.807) is 18.7 Å². The molecule has 0 radical (unpaired) electrons. The first-order chi connectivity index (χ1) is 8.25. The minimum atomic E-state index is 0.131. The number of hydrogen-bond acceptors (Lipinski definition) is 3. The average Bonchev–Trinajstić information content (AvgIpc) is 2.82. The van der Waals surface area contributed by atoms with E-state index >= 15 is 0 Å². The van der Waals surface area contributed by atoms with E-state index in [1.807, 2.05) is 18.2 Å².